The molecule has 1 heterocycles. The summed E-state index contributed by atoms with van der Waals surface area (Å²) in [6.45, 7) is 2.32. The summed E-state index contributed by atoms with van der Waals surface area (Å²) in [5.41, 5.74) is 10.3. The molecule has 21 heavy (non-hydrogen) atoms. The van der Waals surface area contributed by atoms with Crippen LogP contribution in [-0.4, -0.2) is 41.9 Å². The lowest BCUT2D eigenvalue weighted by Crippen LogP contribution is -2.51. The zero-order valence-electron chi connectivity index (χ0n) is 11.6. The fourth-order valence-corrected chi connectivity index (χ4v) is 3.06. The smallest absolute Gasteiger partial charge is 0.337 e. The molecule has 1 aliphatic heterocycles. The second kappa shape index (κ2) is 7.66. The summed E-state index contributed by atoms with van der Waals surface area (Å²) in [6, 6.07) is 0. The van der Waals surface area contributed by atoms with Crippen molar-refractivity contribution in [2.24, 2.45) is 11.0 Å². The number of carbonyl (C=O) groups is 2. The Bertz CT molecular complexity index is 443. The minimum Gasteiger partial charge on any atom is -0.463 e. The average Bonchev–Trinajstić information content (AvgIpc) is 2.27. The third-order valence-electron chi connectivity index (χ3n) is 2.50. The molecule has 4 atom stereocenters. The molecular weight excluding hydrogens is 371 g/mol. The second-order valence-electron chi connectivity index (χ2n) is 4.48. The van der Waals surface area contributed by atoms with Gasteiger partial charge in [0.25, 0.3) is 0 Å². The van der Waals surface area contributed by atoms with Gasteiger partial charge in [-0.1, -0.05) is 15.9 Å². The molecule has 0 saturated carbocycles. The quantitative estimate of drug-likeness (QED) is 0.388. The van der Waals surface area contributed by atoms with E-state index in [0.29, 0.717) is 0 Å². The van der Waals surface area contributed by atoms with Gasteiger partial charge in [0.2, 0.25) is 0 Å². The van der Waals surface area contributed by atoms with E-state index in [4.69, 9.17) is 29.7 Å². The summed E-state index contributed by atoms with van der Waals surface area (Å²) >= 11 is 3.33. The van der Waals surface area contributed by atoms with E-state index in [1.54, 1.807) is 0 Å². The Balaban J connectivity index is 2.78. The third-order valence-corrected chi connectivity index (χ3v) is 3.96. The molecule has 1 aliphatic rings. The normalized spacial score (nSPS) is 29.8. The minimum atomic E-state index is -3.73. The van der Waals surface area contributed by atoms with Gasteiger partial charge in [-0.2, -0.15) is 0 Å². The number of rotatable bonds is 5. The van der Waals surface area contributed by atoms with E-state index in [2.05, 4.69) is 15.9 Å². The lowest BCUT2D eigenvalue weighted by Gasteiger charge is -2.38. The van der Waals surface area contributed by atoms with Gasteiger partial charge in [0, 0.05) is 20.3 Å². The maximum atomic E-state index is 11.3. The summed E-state index contributed by atoms with van der Waals surface area (Å²) in [6.07, 6.45) is -2.26. The van der Waals surface area contributed by atoms with Gasteiger partial charge in [-0.25, -0.2) is 11.0 Å². The van der Waals surface area contributed by atoms with E-state index >= 15 is 0 Å². The van der Waals surface area contributed by atoms with Gasteiger partial charge in [0.05, 0.1) is 4.83 Å². The van der Waals surface area contributed by atoms with Crippen molar-refractivity contribution >= 4 is 35.5 Å². The molecule has 0 aromatic carbocycles. The summed E-state index contributed by atoms with van der Waals surface area (Å²) in [5, 5.41) is 0. The molecule has 0 spiro atoms. The van der Waals surface area contributed by atoms with Gasteiger partial charge >= 0.3 is 19.6 Å². The predicted molar refractivity (Wildman–Crippen MR) is 75.2 cm³/mol. The van der Waals surface area contributed by atoms with Crippen LogP contribution >= 0.6 is 23.6 Å². The Labute approximate surface area is 130 Å². The molecule has 4 N–H and O–H groups in total. The van der Waals surface area contributed by atoms with E-state index < -0.39 is 38.1 Å². The highest BCUT2D eigenvalue weighted by atomic mass is 79.9. The SMILES string of the molecule is CC(=O)OCC1OC(OP(N)(N)=O)CC(Br)C1OC(C)=O. The fourth-order valence-electron chi connectivity index (χ4n) is 1.81. The number of esters is 2. The molecule has 0 aliphatic carbocycles. The molecule has 122 valence electrons. The number of hydrogen-bond acceptors (Lipinski definition) is 7. The van der Waals surface area contributed by atoms with Gasteiger partial charge in [0.15, 0.2) is 6.29 Å². The van der Waals surface area contributed by atoms with Gasteiger partial charge in [0.1, 0.15) is 18.8 Å². The van der Waals surface area contributed by atoms with Crippen molar-refractivity contribution in [3.63, 3.8) is 0 Å². The van der Waals surface area contributed by atoms with E-state index in [0.717, 1.165) is 0 Å². The van der Waals surface area contributed by atoms with Crippen LogP contribution in [0.3, 0.4) is 0 Å². The molecule has 0 aromatic heterocycles. The number of nitrogens with two attached hydrogens (primary N) is 2. The highest BCUT2D eigenvalue weighted by Crippen LogP contribution is 2.36. The van der Waals surface area contributed by atoms with Gasteiger partial charge in [-0.15, -0.1) is 0 Å². The van der Waals surface area contributed by atoms with Crippen LogP contribution in [0.25, 0.3) is 0 Å². The van der Waals surface area contributed by atoms with E-state index in [1.807, 2.05) is 0 Å². The molecule has 11 heteroatoms. The first-order valence-electron chi connectivity index (χ1n) is 6.04. The van der Waals surface area contributed by atoms with Crippen molar-refractivity contribution in [3.05, 3.63) is 0 Å². The zero-order valence-corrected chi connectivity index (χ0v) is 14.0. The van der Waals surface area contributed by atoms with E-state index in [9.17, 15) is 14.2 Å². The highest BCUT2D eigenvalue weighted by Gasteiger charge is 2.42. The van der Waals surface area contributed by atoms with Crippen molar-refractivity contribution in [2.45, 2.75) is 43.6 Å². The molecule has 9 nitrogen and oxygen atoms in total. The van der Waals surface area contributed by atoms with Crippen molar-refractivity contribution < 1.29 is 32.9 Å². The molecule has 1 rings (SSSR count). The first kappa shape index (κ1) is 18.5. The van der Waals surface area contributed by atoms with Crippen LogP contribution in [0.1, 0.15) is 20.3 Å². The molecule has 0 radical (unpaired) electrons. The van der Waals surface area contributed by atoms with Crippen LogP contribution in [0.5, 0.6) is 0 Å². The van der Waals surface area contributed by atoms with Crippen molar-refractivity contribution in [2.75, 3.05) is 6.61 Å². The van der Waals surface area contributed by atoms with Crippen LogP contribution in [-0.2, 0) is 32.9 Å². The largest absolute Gasteiger partial charge is 0.463 e. The van der Waals surface area contributed by atoms with Crippen LogP contribution in [0.2, 0.25) is 0 Å². The maximum absolute atomic E-state index is 11.3. The average molecular weight is 389 g/mol. The third kappa shape index (κ3) is 6.86. The van der Waals surface area contributed by atoms with Crippen molar-refractivity contribution in [3.8, 4) is 0 Å². The van der Waals surface area contributed by atoms with Crippen molar-refractivity contribution in [1.29, 1.82) is 0 Å². The van der Waals surface area contributed by atoms with Crippen LogP contribution < -0.4 is 11.0 Å². The Hall–Kier alpha value is -0.510. The highest BCUT2D eigenvalue weighted by molar-refractivity contribution is 9.09. The monoisotopic (exact) mass is 388 g/mol. The van der Waals surface area contributed by atoms with Gasteiger partial charge in [-0.05, 0) is 0 Å². The first-order chi connectivity index (χ1) is 9.58. The number of hydrogen-bond donors (Lipinski definition) is 2. The zero-order chi connectivity index (χ0) is 16.2. The number of ether oxygens (including phenoxy) is 3. The fraction of sp³-hybridized carbons (Fsp3) is 0.800. The predicted octanol–water partition coefficient (Wildman–Crippen LogP) is 0.402. The summed E-state index contributed by atoms with van der Waals surface area (Å²) in [7, 11) is -3.73. The van der Waals surface area contributed by atoms with E-state index in [-0.39, 0.29) is 17.9 Å². The number of carbonyl (C=O) groups excluding carboxylic acids is 2. The van der Waals surface area contributed by atoms with E-state index in [1.165, 1.54) is 13.8 Å². The molecule has 1 fully saturated rings. The number of alkyl halides is 1. The Morgan fingerprint density at radius 3 is 2.43 bits per heavy atom. The number of halogens is 1. The van der Waals surface area contributed by atoms with Gasteiger partial charge < -0.3 is 14.2 Å². The molecule has 0 bridgehead atoms. The molecule has 4 unspecified atom stereocenters. The Kier molecular flexibility index (Phi) is 6.76. The molecule has 0 amide bonds. The molecule has 1 saturated heterocycles. The lowest BCUT2D eigenvalue weighted by atomic mass is 10.0. The van der Waals surface area contributed by atoms with Crippen molar-refractivity contribution in [1.82, 2.24) is 0 Å². The second-order valence-corrected chi connectivity index (χ2v) is 7.16. The summed E-state index contributed by atoms with van der Waals surface area (Å²) < 4.78 is 31.7. The summed E-state index contributed by atoms with van der Waals surface area (Å²) in [5.74, 6) is -1.03. The Morgan fingerprint density at radius 2 is 1.95 bits per heavy atom. The lowest BCUT2D eigenvalue weighted by molar-refractivity contribution is -0.210. The topological polar surface area (TPSA) is 140 Å². The van der Waals surface area contributed by atoms with Gasteiger partial charge in [-0.3, -0.25) is 18.7 Å². The first-order valence-corrected chi connectivity index (χ1v) is 8.72. The maximum Gasteiger partial charge on any atom is 0.337 e. The molecule has 0 aromatic rings. The van der Waals surface area contributed by atoms with Crippen LogP contribution in [0, 0.1) is 0 Å². The van der Waals surface area contributed by atoms with Crippen LogP contribution in [0.4, 0.5) is 0 Å². The molecular formula is C10H18BrN2O7P. The van der Waals surface area contributed by atoms with Crippen LogP contribution in [0.15, 0.2) is 0 Å². The minimum absolute atomic E-state index is 0.158. The summed E-state index contributed by atoms with van der Waals surface area (Å²) in [4.78, 5) is 21.7. The standard InChI is InChI=1S/C10H18BrN2O7P/c1-5(14)17-4-8-10(18-6(2)15)7(11)3-9(19-8)20-21(12,13)16/h7-10H,3-4H2,1-2H3,(H4,12,13,16). The Morgan fingerprint density at radius 1 is 1.33 bits per heavy atom.